The molecule has 1 saturated heterocycles. The molecule has 2 aliphatic rings. The first-order valence-corrected chi connectivity index (χ1v) is 7.83. The summed E-state index contributed by atoms with van der Waals surface area (Å²) in [5.74, 6) is 1.13. The number of sulfonamides is 1. The normalized spacial score (nSPS) is 32.9. The van der Waals surface area contributed by atoms with E-state index in [1.807, 2.05) is 6.92 Å². The maximum absolute atomic E-state index is 12.2. The Hall–Kier alpha value is -0.130. The van der Waals surface area contributed by atoms with Crippen LogP contribution >= 0.6 is 0 Å². The van der Waals surface area contributed by atoms with Crippen LogP contribution in [0.15, 0.2) is 0 Å². The molecule has 0 radical (unpaired) electrons. The van der Waals surface area contributed by atoms with Crippen molar-refractivity contribution in [3.8, 4) is 0 Å². The fourth-order valence-electron chi connectivity index (χ4n) is 2.40. The molecule has 1 aliphatic heterocycles. The summed E-state index contributed by atoms with van der Waals surface area (Å²) in [5, 5.41) is 0. The quantitative estimate of drug-likeness (QED) is 0.797. The second-order valence-corrected chi connectivity index (χ2v) is 7.29. The number of piperidine rings is 1. The minimum absolute atomic E-state index is 0.159. The molecule has 1 heterocycles. The van der Waals surface area contributed by atoms with Crippen molar-refractivity contribution in [1.82, 2.24) is 4.31 Å². The Morgan fingerprint density at radius 3 is 2.38 bits per heavy atom. The van der Waals surface area contributed by atoms with Crippen LogP contribution in [0, 0.1) is 11.8 Å². The number of rotatable bonds is 4. The lowest BCUT2D eigenvalue weighted by atomic mass is 9.96. The number of nitrogens with two attached hydrogens (primary N) is 1. The minimum atomic E-state index is -3.03. The fourth-order valence-corrected chi connectivity index (χ4v) is 4.62. The van der Waals surface area contributed by atoms with Gasteiger partial charge < -0.3 is 5.73 Å². The van der Waals surface area contributed by atoms with Crippen molar-refractivity contribution in [2.45, 2.75) is 38.6 Å². The summed E-state index contributed by atoms with van der Waals surface area (Å²) in [6, 6.07) is 0.159. The molecule has 2 N–H and O–H groups in total. The van der Waals surface area contributed by atoms with Gasteiger partial charge in [-0.15, -0.1) is 0 Å². The molecule has 2 unspecified atom stereocenters. The molecule has 4 nitrogen and oxygen atoms in total. The molecule has 0 spiro atoms. The topological polar surface area (TPSA) is 63.4 Å². The molecule has 2 fully saturated rings. The average Bonchev–Trinajstić information content (AvgIpc) is 3.01. The van der Waals surface area contributed by atoms with Gasteiger partial charge in [-0.05, 0) is 51.0 Å². The monoisotopic (exact) mass is 246 g/mol. The minimum Gasteiger partial charge on any atom is -0.330 e. The predicted octanol–water partition coefficient (Wildman–Crippen LogP) is 0.785. The van der Waals surface area contributed by atoms with Gasteiger partial charge in [-0.25, -0.2) is 8.42 Å². The van der Waals surface area contributed by atoms with E-state index in [2.05, 4.69) is 0 Å². The molecule has 5 heteroatoms. The van der Waals surface area contributed by atoms with E-state index < -0.39 is 10.0 Å². The third-order valence-electron chi connectivity index (χ3n) is 3.76. The van der Waals surface area contributed by atoms with Crippen LogP contribution in [0.1, 0.15) is 32.6 Å². The summed E-state index contributed by atoms with van der Waals surface area (Å²) in [6.45, 7) is 3.24. The van der Waals surface area contributed by atoms with Crippen molar-refractivity contribution in [2.24, 2.45) is 17.6 Å². The van der Waals surface area contributed by atoms with E-state index in [1.165, 1.54) is 0 Å². The highest BCUT2D eigenvalue weighted by atomic mass is 32.2. The first-order chi connectivity index (χ1) is 7.53. The molecule has 0 aromatic heterocycles. The van der Waals surface area contributed by atoms with E-state index >= 15 is 0 Å². The molecule has 0 amide bonds. The highest BCUT2D eigenvalue weighted by Gasteiger charge is 2.37. The molecule has 2 rings (SSSR count). The highest BCUT2D eigenvalue weighted by Crippen LogP contribution is 2.33. The van der Waals surface area contributed by atoms with Crippen molar-refractivity contribution in [1.29, 1.82) is 0 Å². The van der Waals surface area contributed by atoms with Crippen molar-refractivity contribution in [3.63, 3.8) is 0 Å². The third kappa shape index (κ3) is 2.76. The third-order valence-corrected chi connectivity index (χ3v) is 5.87. The van der Waals surface area contributed by atoms with Crippen LogP contribution in [0.2, 0.25) is 0 Å². The molecule has 94 valence electrons. The Morgan fingerprint density at radius 1 is 1.19 bits per heavy atom. The Morgan fingerprint density at radius 2 is 1.81 bits per heavy atom. The number of nitrogens with zero attached hydrogens (tertiary/aromatic N) is 1. The molecular formula is C11H22N2O2S. The largest absolute Gasteiger partial charge is 0.330 e. The Labute approximate surface area is 98.2 Å². The van der Waals surface area contributed by atoms with Crippen LogP contribution in [0.25, 0.3) is 0 Å². The molecule has 0 bridgehead atoms. The van der Waals surface area contributed by atoms with E-state index in [0.717, 1.165) is 25.7 Å². The highest BCUT2D eigenvalue weighted by molar-refractivity contribution is 7.89. The summed E-state index contributed by atoms with van der Waals surface area (Å²) < 4.78 is 26.1. The van der Waals surface area contributed by atoms with Gasteiger partial charge in [0.15, 0.2) is 0 Å². The van der Waals surface area contributed by atoms with Gasteiger partial charge in [0.1, 0.15) is 0 Å². The zero-order valence-corrected chi connectivity index (χ0v) is 10.7. The predicted molar refractivity (Wildman–Crippen MR) is 64.5 cm³/mol. The van der Waals surface area contributed by atoms with Crippen LogP contribution < -0.4 is 5.73 Å². The van der Waals surface area contributed by atoms with E-state index in [0.29, 0.717) is 30.7 Å². The van der Waals surface area contributed by atoms with Crippen molar-refractivity contribution < 1.29 is 8.42 Å². The molecule has 2 atom stereocenters. The standard InChI is InChI=1S/C11H22N2O2S/c1-9-2-3-11(6-12)7-13(9)16(14,15)8-10-4-5-10/h9-11H,2-8,12H2,1H3. The average molecular weight is 246 g/mol. The fraction of sp³-hybridized carbons (Fsp3) is 1.00. The van der Waals surface area contributed by atoms with Crippen molar-refractivity contribution >= 4 is 10.0 Å². The van der Waals surface area contributed by atoms with Gasteiger partial charge in [-0.3, -0.25) is 0 Å². The molecule has 1 aliphatic carbocycles. The van der Waals surface area contributed by atoms with Gasteiger partial charge in [0.25, 0.3) is 0 Å². The summed E-state index contributed by atoms with van der Waals surface area (Å²) in [6.07, 6.45) is 4.18. The second kappa shape index (κ2) is 4.63. The molecule has 1 saturated carbocycles. The SMILES string of the molecule is CC1CCC(CN)CN1S(=O)(=O)CC1CC1. The lowest BCUT2D eigenvalue weighted by molar-refractivity contribution is 0.211. The van der Waals surface area contributed by atoms with Gasteiger partial charge in [-0.2, -0.15) is 4.31 Å². The summed E-state index contributed by atoms with van der Waals surface area (Å²) >= 11 is 0. The zero-order chi connectivity index (χ0) is 11.8. The summed E-state index contributed by atoms with van der Waals surface area (Å²) in [5.41, 5.74) is 5.65. The van der Waals surface area contributed by atoms with E-state index in [9.17, 15) is 8.42 Å². The van der Waals surface area contributed by atoms with E-state index in [-0.39, 0.29) is 6.04 Å². The Kier molecular flexibility index (Phi) is 3.56. The lowest BCUT2D eigenvalue weighted by Gasteiger charge is -2.36. The maximum atomic E-state index is 12.2. The Bertz CT molecular complexity index is 338. The van der Waals surface area contributed by atoms with Crippen LogP contribution in [0.3, 0.4) is 0 Å². The van der Waals surface area contributed by atoms with Gasteiger partial charge in [0.2, 0.25) is 10.0 Å². The van der Waals surface area contributed by atoms with Gasteiger partial charge in [0, 0.05) is 12.6 Å². The first-order valence-electron chi connectivity index (χ1n) is 6.22. The molecular weight excluding hydrogens is 224 g/mol. The number of hydrogen-bond donors (Lipinski definition) is 1. The van der Waals surface area contributed by atoms with E-state index in [4.69, 9.17) is 5.73 Å². The number of hydrogen-bond acceptors (Lipinski definition) is 3. The maximum Gasteiger partial charge on any atom is 0.214 e. The van der Waals surface area contributed by atoms with Crippen molar-refractivity contribution in [2.75, 3.05) is 18.8 Å². The molecule has 0 aromatic carbocycles. The Balaban J connectivity index is 2.04. The van der Waals surface area contributed by atoms with Crippen LogP contribution in [0.5, 0.6) is 0 Å². The molecule has 16 heavy (non-hydrogen) atoms. The van der Waals surface area contributed by atoms with Crippen molar-refractivity contribution in [3.05, 3.63) is 0 Å². The van der Waals surface area contributed by atoms with Crippen LogP contribution in [0.4, 0.5) is 0 Å². The van der Waals surface area contributed by atoms with Gasteiger partial charge >= 0.3 is 0 Å². The van der Waals surface area contributed by atoms with Crippen LogP contribution in [-0.2, 0) is 10.0 Å². The second-order valence-electron chi connectivity index (χ2n) is 5.32. The summed E-state index contributed by atoms with van der Waals surface area (Å²) in [7, 11) is -3.03. The van der Waals surface area contributed by atoms with Gasteiger partial charge in [0.05, 0.1) is 5.75 Å². The first kappa shape index (κ1) is 12.3. The van der Waals surface area contributed by atoms with E-state index in [1.54, 1.807) is 4.31 Å². The summed E-state index contributed by atoms with van der Waals surface area (Å²) in [4.78, 5) is 0. The smallest absolute Gasteiger partial charge is 0.214 e. The zero-order valence-electron chi connectivity index (χ0n) is 9.93. The van der Waals surface area contributed by atoms with Gasteiger partial charge in [-0.1, -0.05) is 0 Å². The lowest BCUT2D eigenvalue weighted by Crippen LogP contribution is -2.48. The van der Waals surface area contributed by atoms with Crippen LogP contribution in [-0.4, -0.2) is 37.6 Å². The molecule has 0 aromatic rings.